The summed E-state index contributed by atoms with van der Waals surface area (Å²) in [4.78, 5) is 24.3. The van der Waals surface area contributed by atoms with Gasteiger partial charge in [0.1, 0.15) is 0 Å². The monoisotopic (exact) mass is 224 g/mol. The van der Waals surface area contributed by atoms with E-state index >= 15 is 0 Å². The van der Waals surface area contributed by atoms with E-state index in [0.29, 0.717) is 26.3 Å². The minimum atomic E-state index is -0.180. The predicted molar refractivity (Wildman–Crippen MR) is 59.5 cm³/mol. The number of carbonyl (C=O) groups is 2. The lowest BCUT2D eigenvalue weighted by Gasteiger charge is -2.25. The summed E-state index contributed by atoms with van der Waals surface area (Å²) in [6.45, 7) is 5.79. The molecule has 1 aliphatic rings. The third-order valence-corrected chi connectivity index (χ3v) is 2.12. The zero-order chi connectivity index (χ0) is 11.8. The van der Waals surface area contributed by atoms with E-state index in [1.807, 2.05) is 0 Å². The fourth-order valence-electron chi connectivity index (χ4n) is 1.29. The van der Waals surface area contributed by atoms with Crippen LogP contribution >= 0.6 is 0 Å². The molecule has 1 heterocycles. The number of rotatable bonds is 4. The van der Waals surface area contributed by atoms with Crippen LogP contribution < -0.4 is 5.32 Å². The van der Waals surface area contributed by atoms with Gasteiger partial charge in [-0.3, -0.25) is 9.59 Å². The molecule has 1 saturated heterocycles. The van der Waals surface area contributed by atoms with Crippen molar-refractivity contribution in [3.8, 4) is 0 Å². The van der Waals surface area contributed by atoms with Gasteiger partial charge in [-0.05, 0) is 0 Å². The third kappa shape index (κ3) is 4.27. The Balaban J connectivity index is 2.29. The van der Waals surface area contributed by atoms with Crippen molar-refractivity contribution in [1.29, 1.82) is 0 Å². The van der Waals surface area contributed by atoms with E-state index in [1.165, 1.54) is 18.4 Å². The van der Waals surface area contributed by atoms with Gasteiger partial charge in [0.05, 0.1) is 13.2 Å². The van der Waals surface area contributed by atoms with Crippen molar-refractivity contribution in [2.75, 3.05) is 26.3 Å². The van der Waals surface area contributed by atoms with Crippen LogP contribution in [-0.2, 0) is 14.3 Å². The van der Waals surface area contributed by atoms with Gasteiger partial charge in [0.2, 0.25) is 11.8 Å². The molecule has 88 valence electrons. The van der Waals surface area contributed by atoms with Gasteiger partial charge in [-0.25, -0.2) is 0 Å². The zero-order valence-corrected chi connectivity index (χ0v) is 9.15. The largest absolute Gasteiger partial charge is 0.378 e. The minimum Gasteiger partial charge on any atom is -0.378 e. The molecule has 0 bridgehead atoms. The molecule has 1 rings (SSSR count). The summed E-state index contributed by atoms with van der Waals surface area (Å²) in [5.74, 6) is -0.289. The number of carbonyl (C=O) groups excluding carboxylic acids is 2. The first-order valence-corrected chi connectivity index (χ1v) is 5.17. The lowest BCUT2D eigenvalue weighted by atomic mass is 10.4. The molecule has 0 unspecified atom stereocenters. The Morgan fingerprint density at radius 3 is 2.69 bits per heavy atom. The van der Waals surface area contributed by atoms with E-state index in [-0.39, 0.29) is 18.2 Å². The molecule has 0 aromatic heterocycles. The molecule has 0 spiro atoms. The standard InChI is InChI=1S/C11H16N2O3/c1-2-3-10(14)12-5-4-11(15)13-6-8-16-9-7-13/h2,4-5H,1,3,6-9H2,(H,12,14). The quantitative estimate of drug-likeness (QED) is 0.542. The molecule has 1 aliphatic heterocycles. The minimum absolute atomic E-state index is 0.109. The van der Waals surface area contributed by atoms with E-state index in [1.54, 1.807) is 4.90 Å². The fraction of sp³-hybridized carbons (Fsp3) is 0.455. The molecular weight excluding hydrogens is 208 g/mol. The SMILES string of the molecule is C=CCC(=O)NC=CC(=O)N1CCOCC1. The van der Waals surface area contributed by atoms with Gasteiger partial charge < -0.3 is 15.0 Å². The zero-order valence-electron chi connectivity index (χ0n) is 9.15. The maximum atomic E-state index is 11.5. The first kappa shape index (κ1) is 12.4. The van der Waals surface area contributed by atoms with Crippen LogP contribution in [0.1, 0.15) is 6.42 Å². The van der Waals surface area contributed by atoms with Crippen molar-refractivity contribution in [2.45, 2.75) is 6.42 Å². The fourth-order valence-corrected chi connectivity index (χ4v) is 1.29. The molecule has 0 atom stereocenters. The number of hydrogen-bond acceptors (Lipinski definition) is 3. The van der Waals surface area contributed by atoms with E-state index < -0.39 is 0 Å². The lowest BCUT2D eigenvalue weighted by Crippen LogP contribution is -2.40. The Labute approximate surface area is 94.7 Å². The number of hydrogen-bond donors (Lipinski definition) is 1. The second-order valence-corrected chi connectivity index (χ2v) is 3.33. The van der Waals surface area contributed by atoms with Crippen LogP contribution in [0.25, 0.3) is 0 Å². The highest BCUT2D eigenvalue weighted by atomic mass is 16.5. The Hall–Kier alpha value is -1.62. The van der Waals surface area contributed by atoms with Gasteiger partial charge in [-0.1, -0.05) is 6.08 Å². The van der Waals surface area contributed by atoms with Crippen LogP contribution in [0.2, 0.25) is 0 Å². The van der Waals surface area contributed by atoms with E-state index in [4.69, 9.17) is 4.74 Å². The lowest BCUT2D eigenvalue weighted by molar-refractivity contribution is -0.129. The van der Waals surface area contributed by atoms with Crippen molar-refractivity contribution in [3.05, 3.63) is 24.9 Å². The van der Waals surface area contributed by atoms with Crippen LogP contribution in [0.4, 0.5) is 0 Å². The van der Waals surface area contributed by atoms with Crippen LogP contribution in [-0.4, -0.2) is 43.0 Å². The van der Waals surface area contributed by atoms with Crippen molar-refractivity contribution in [2.24, 2.45) is 0 Å². The first-order valence-electron chi connectivity index (χ1n) is 5.17. The van der Waals surface area contributed by atoms with Gasteiger partial charge in [-0.2, -0.15) is 0 Å². The molecule has 5 heteroatoms. The average Bonchev–Trinajstić information content (AvgIpc) is 2.30. The van der Waals surface area contributed by atoms with Gasteiger partial charge >= 0.3 is 0 Å². The van der Waals surface area contributed by atoms with Crippen molar-refractivity contribution in [3.63, 3.8) is 0 Å². The Bertz CT molecular complexity index is 294. The number of morpholine rings is 1. The van der Waals surface area contributed by atoms with Gasteiger partial charge in [0.25, 0.3) is 0 Å². The molecular formula is C11H16N2O3. The second kappa shape index (κ2) is 6.79. The second-order valence-electron chi connectivity index (χ2n) is 3.33. The van der Waals surface area contributed by atoms with Crippen molar-refractivity contribution in [1.82, 2.24) is 10.2 Å². The maximum Gasteiger partial charge on any atom is 0.248 e. The highest BCUT2D eigenvalue weighted by Gasteiger charge is 2.13. The number of ether oxygens (including phenoxy) is 1. The molecule has 16 heavy (non-hydrogen) atoms. The topological polar surface area (TPSA) is 58.6 Å². The van der Waals surface area contributed by atoms with Crippen LogP contribution in [0.5, 0.6) is 0 Å². The Kier molecular flexibility index (Phi) is 5.28. The van der Waals surface area contributed by atoms with Crippen molar-refractivity contribution < 1.29 is 14.3 Å². The Morgan fingerprint density at radius 2 is 2.06 bits per heavy atom. The van der Waals surface area contributed by atoms with E-state index in [9.17, 15) is 9.59 Å². The molecule has 0 aliphatic carbocycles. The van der Waals surface area contributed by atoms with E-state index in [2.05, 4.69) is 11.9 Å². The number of nitrogens with zero attached hydrogens (tertiary/aromatic N) is 1. The summed E-state index contributed by atoms with van der Waals surface area (Å²) in [5.41, 5.74) is 0. The summed E-state index contributed by atoms with van der Waals surface area (Å²) in [7, 11) is 0. The molecule has 0 aromatic carbocycles. The molecule has 0 aromatic rings. The highest BCUT2D eigenvalue weighted by molar-refractivity contribution is 5.88. The molecule has 1 N–H and O–H groups in total. The third-order valence-electron chi connectivity index (χ3n) is 2.12. The molecule has 1 fully saturated rings. The van der Waals surface area contributed by atoms with Gasteiger partial charge in [0, 0.05) is 31.8 Å². The number of amides is 2. The highest BCUT2D eigenvalue weighted by Crippen LogP contribution is 1.97. The van der Waals surface area contributed by atoms with Gasteiger partial charge in [0.15, 0.2) is 0 Å². The summed E-state index contributed by atoms with van der Waals surface area (Å²) in [6.07, 6.45) is 4.47. The molecule has 2 amide bonds. The maximum absolute atomic E-state index is 11.5. The predicted octanol–water partition coefficient (Wildman–Crippen LogP) is 0.0512. The molecule has 5 nitrogen and oxygen atoms in total. The Morgan fingerprint density at radius 1 is 1.38 bits per heavy atom. The smallest absolute Gasteiger partial charge is 0.248 e. The van der Waals surface area contributed by atoms with Crippen LogP contribution in [0, 0.1) is 0 Å². The van der Waals surface area contributed by atoms with Gasteiger partial charge in [-0.15, -0.1) is 6.58 Å². The summed E-state index contributed by atoms with van der Waals surface area (Å²) in [5, 5.41) is 2.48. The first-order chi connectivity index (χ1) is 7.74. The number of nitrogens with one attached hydrogen (secondary N) is 1. The van der Waals surface area contributed by atoms with Crippen LogP contribution in [0.3, 0.4) is 0 Å². The van der Waals surface area contributed by atoms with Crippen LogP contribution in [0.15, 0.2) is 24.9 Å². The van der Waals surface area contributed by atoms with Crippen molar-refractivity contribution >= 4 is 11.8 Å². The average molecular weight is 224 g/mol. The summed E-state index contributed by atoms with van der Waals surface area (Å²) >= 11 is 0. The molecule has 0 saturated carbocycles. The molecule has 0 radical (unpaired) electrons. The van der Waals surface area contributed by atoms with E-state index in [0.717, 1.165) is 0 Å². The summed E-state index contributed by atoms with van der Waals surface area (Å²) < 4.78 is 5.13. The summed E-state index contributed by atoms with van der Waals surface area (Å²) in [6, 6.07) is 0. The normalized spacial score (nSPS) is 16.1.